The number of hydrogen-bond donors (Lipinski definition) is 4. The number of benzene rings is 3. The summed E-state index contributed by atoms with van der Waals surface area (Å²) in [5.74, 6) is -2.77. The standard InChI is InChI=1S/C24H20O8/c25-17-5-15(6-18(26)11-17)23(29)31-21-9-13-3-1-2-4-14(13)10-22(21)32-24(30)16-7-19(27)12-20(28)8-16/h1-8,11-12,21-22,25-28H,9-10H2/t21-,22+. The maximum Gasteiger partial charge on any atom is 0.338 e. The Kier molecular flexibility index (Phi) is 5.59. The van der Waals surface area contributed by atoms with Crippen LogP contribution in [0.15, 0.2) is 60.7 Å². The van der Waals surface area contributed by atoms with Gasteiger partial charge in [0.15, 0.2) is 0 Å². The number of phenols is 4. The molecule has 0 amide bonds. The zero-order chi connectivity index (χ0) is 22.8. The molecule has 4 N–H and O–H groups in total. The SMILES string of the molecule is O=C(O[C@H]1Cc2ccccc2C[C@H]1OC(=O)c1cc(O)cc(O)c1)c1cc(O)cc(O)c1. The summed E-state index contributed by atoms with van der Waals surface area (Å²) in [4.78, 5) is 25.3. The van der Waals surface area contributed by atoms with Gasteiger partial charge in [0.05, 0.1) is 11.1 Å². The number of phenolic OH excluding ortho intramolecular Hbond substituents is 4. The van der Waals surface area contributed by atoms with Gasteiger partial charge in [-0.1, -0.05) is 24.3 Å². The molecular formula is C24H20O8. The smallest absolute Gasteiger partial charge is 0.338 e. The van der Waals surface area contributed by atoms with Crippen LogP contribution >= 0.6 is 0 Å². The van der Waals surface area contributed by atoms with Gasteiger partial charge in [0.2, 0.25) is 0 Å². The van der Waals surface area contributed by atoms with Gasteiger partial charge in [0, 0.05) is 25.0 Å². The molecular weight excluding hydrogens is 416 g/mol. The minimum absolute atomic E-state index is 0.0515. The van der Waals surface area contributed by atoms with Gasteiger partial charge in [-0.2, -0.15) is 0 Å². The normalized spacial score (nSPS) is 17.2. The molecule has 0 radical (unpaired) electrons. The number of carbonyl (C=O) groups is 2. The molecule has 1 aliphatic carbocycles. The first-order valence-corrected chi connectivity index (χ1v) is 9.83. The van der Waals surface area contributed by atoms with Crippen molar-refractivity contribution >= 4 is 11.9 Å². The van der Waals surface area contributed by atoms with Crippen LogP contribution < -0.4 is 0 Å². The molecule has 0 aliphatic heterocycles. The lowest BCUT2D eigenvalue weighted by atomic mass is 9.87. The first-order valence-electron chi connectivity index (χ1n) is 9.83. The summed E-state index contributed by atoms with van der Waals surface area (Å²) in [5.41, 5.74) is 1.77. The van der Waals surface area contributed by atoms with Crippen molar-refractivity contribution in [1.82, 2.24) is 0 Å². The predicted octanol–water partition coefficient (Wildman–Crippen LogP) is 3.06. The van der Waals surface area contributed by atoms with E-state index in [1.54, 1.807) is 0 Å². The zero-order valence-electron chi connectivity index (χ0n) is 16.8. The van der Waals surface area contributed by atoms with E-state index in [-0.39, 0.29) is 47.0 Å². The van der Waals surface area contributed by atoms with Gasteiger partial charge >= 0.3 is 11.9 Å². The minimum atomic E-state index is -0.836. The Bertz CT molecular complexity index is 1050. The predicted molar refractivity (Wildman–Crippen MR) is 112 cm³/mol. The van der Waals surface area contributed by atoms with Crippen LogP contribution in [0.5, 0.6) is 23.0 Å². The van der Waals surface area contributed by atoms with Crippen LogP contribution in [0.1, 0.15) is 31.8 Å². The highest BCUT2D eigenvalue weighted by atomic mass is 16.6. The second-order valence-electron chi connectivity index (χ2n) is 7.54. The molecule has 8 heteroatoms. The van der Waals surface area contributed by atoms with Crippen molar-refractivity contribution in [3.8, 4) is 23.0 Å². The second kappa shape index (κ2) is 8.50. The first kappa shape index (κ1) is 21.0. The molecule has 0 unspecified atom stereocenters. The van der Waals surface area contributed by atoms with Crippen LogP contribution in [0.2, 0.25) is 0 Å². The molecule has 32 heavy (non-hydrogen) atoms. The van der Waals surface area contributed by atoms with Gasteiger partial charge < -0.3 is 29.9 Å². The lowest BCUT2D eigenvalue weighted by Gasteiger charge is -2.32. The summed E-state index contributed by atoms with van der Waals surface area (Å²) < 4.78 is 11.2. The average molecular weight is 436 g/mol. The van der Waals surface area contributed by atoms with Crippen LogP contribution in [-0.2, 0) is 22.3 Å². The highest BCUT2D eigenvalue weighted by Crippen LogP contribution is 2.29. The summed E-state index contributed by atoms with van der Waals surface area (Å²) >= 11 is 0. The summed E-state index contributed by atoms with van der Waals surface area (Å²) in [6.07, 6.45) is -1.10. The van der Waals surface area contributed by atoms with Gasteiger partial charge in [-0.3, -0.25) is 0 Å². The molecule has 1 aliphatic rings. The molecule has 0 bridgehead atoms. The number of hydrogen-bond acceptors (Lipinski definition) is 8. The Hall–Kier alpha value is -4.20. The zero-order valence-corrected chi connectivity index (χ0v) is 16.8. The van der Waals surface area contributed by atoms with Crippen molar-refractivity contribution in [2.24, 2.45) is 0 Å². The largest absolute Gasteiger partial charge is 0.508 e. The van der Waals surface area contributed by atoms with E-state index in [0.717, 1.165) is 47.5 Å². The summed E-state index contributed by atoms with van der Waals surface area (Å²) in [7, 11) is 0. The molecule has 4 rings (SSSR count). The van der Waals surface area contributed by atoms with Crippen LogP contribution in [0, 0.1) is 0 Å². The topological polar surface area (TPSA) is 134 Å². The Balaban J connectivity index is 1.59. The third kappa shape index (κ3) is 4.59. The van der Waals surface area contributed by atoms with Crippen molar-refractivity contribution in [1.29, 1.82) is 0 Å². The van der Waals surface area contributed by atoms with Crippen LogP contribution in [-0.4, -0.2) is 44.6 Å². The number of ether oxygens (including phenoxy) is 2. The maximum atomic E-state index is 12.7. The van der Waals surface area contributed by atoms with Gasteiger partial charge in [-0.15, -0.1) is 0 Å². The van der Waals surface area contributed by atoms with E-state index in [1.165, 1.54) is 0 Å². The third-order valence-corrected chi connectivity index (χ3v) is 5.17. The van der Waals surface area contributed by atoms with Crippen molar-refractivity contribution in [3.05, 3.63) is 82.9 Å². The molecule has 0 heterocycles. The van der Waals surface area contributed by atoms with Gasteiger partial charge in [0.1, 0.15) is 35.2 Å². The summed E-state index contributed by atoms with van der Waals surface area (Å²) in [6, 6.07) is 14.3. The molecule has 3 aromatic carbocycles. The van der Waals surface area contributed by atoms with Crippen molar-refractivity contribution in [2.45, 2.75) is 25.0 Å². The van der Waals surface area contributed by atoms with Gasteiger partial charge in [0.25, 0.3) is 0 Å². The number of rotatable bonds is 4. The number of carbonyl (C=O) groups excluding carboxylic acids is 2. The molecule has 0 fully saturated rings. The van der Waals surface area contributed by atoms with E-state index in [9.17, 15) is 30.0 Å². The van der Waals surface area contributed by atoms with E-state index in [1.807, 2.05) is 24.3 Å². The lowest BCUT2D eigenvalue weighted by Crippen LogP contribution is -2.41. The van der Waals surface area contributed by atoms with Crippen molar-refractivity contribution in [3.63, 3.8) is 0 Å². The van der Waals surface area contributed by atoms with E-state index in [4.69, 9.17) is 9.47 Å². The Labute approximate surface area is 182 Å². The fourth-order valence-electron chi connectivity index (χ4n) is 3.72. The second-order valence-corrected chi connectivity index (χ2v) is 7.54. The lowest BCUT2D eigenvalue weighted by molar-refractivity contribution is -0.0389. The first-order chi connectivity index (χ1) is 15.3. The van der Waals surface area contributed by atoms with E-state index < -0.39 is 24.1 Å². The average Bonchev–Trinajstić information content (AvgIpc) is 2.72. The van der Waals surface area contributed by atoms with Crippen LogP contribution in [0.25, 0.3) is 0 Å². The molecule has 8 nitrogen and oxygen atoms in total. The Morgan fingerprint density at radius 3 is 1.31 bits per heavy atom. The molecule has 2 atom stereocenters. The van der Waals surface area contributed by atoms with Crippen LogP contribution in [0.4, 0.5) is 0 Å². The molecule has 0 spiro atoms. The summed E-state index contributed by atoms with van der Waals surface area (Å²) in [5, 5.41) is 38.6. The number of fused-ring (bicyclic) bond motifs is 1. The minimum Gasteiger partial charge on any atom is -0.508 e. The molecule has 0 saturated carbocycles. The Morgan fingerprint density at radius 1 is 0.625 bits per heavy atom. The monoisotopic (exact) mass is 436 g/mol. The molecule has 0 aromatic heterocycles. The number of esters is 2. The van der Waals surface area contributed by atoms with Crippen molar-refractivity contribution in [2.75, 3.05) is 0 Å². The third-order valence-electron chi connectivity index (χ3n) is 5.17. The van der Waals surface area contributed by atoms with E-state index >= 15 is 0 Å². The van der Waals surface area contributed by atoms with Gasteiger partial charge in [-0.25, -0.2) is 9.59 Å². The molecule has 164 valence electrons. The summed E-state index contributed by atoms with van der Waals surface area (Å²) in [6.45, 7) is 0. The van der Waals surface area contributed by atoms with Crippen molar-refractivity contribution < 1.29 is 39.5 Å². The van der Waals surface area contributed by atoms with Gasteiger partial charge in [-0.05, 0) is 35.4 Å². The molecule has 0 saturated heterocycles. The van der Waals surface area contributed by atoms with Crippen LogP contribution in [0.3, 0.4) is 0 Å². The quantitative estimate of drug-likeness (QED) is 0.459. The molecule has 3 aromatic rings. The highest BCUT2D eigenvalue weighted by molar-refractivity contribution is 5.91. The fourth-order valence-corrected chi connectivity index (χ4v) is 3.72. The highest BCUT2D eigenvalue weighted by Gasteiger charge is 2.35. The van der Waals surface area contributed by atoms with E-state index in [2.05, 4.69) is 0 Å². The fraction of sp³-hybridized carbons (Fsp3) is 0.167. The number of aromatic hydroxyl groups is 4. The maximum absolute atomic E-state index is 12.7. The van der Waals surface area contributed by atoms with E-state index in [0.29, 0.717) is 0 Å². The Morgan fingerprint density at radius 2 is 0.969 bits per heavy atom.